The van der Waals surface area contributed by atoms with Gasteiger partial charge in [-0.15, -0.1) is 0 Å². The molecule has 27 heavy (non-hydrogen) atoms. The number of nitrogens with one attached hydrogen (secondary N) is 1. The van der Waals surface area contributed by atoms with Crippen LogP contribution in [0.2, 0.25) is 0 Å². The van der Waals surface area contributed by atoms with E-state index in [1.54, 1.807) is 0 Å². The lowest BCUT2D eigenvalue weighted by Gasteiger charge is -2.35. The van der Waals surface area contributed by atoms with E-state index in [-0.39, 0.29) is 29.4 Å². The van der Waals surface area contributed by atoms with Crippen LogP contribution in [-0.4, -0.2) is 59.3 Å². The van der Waals surface area contributed by atoms with Gasteiger partial charge in [-0.1, -0.05) is 26.0 Å². The number of amides is 2. The molecule has 2 heterocycles. The predicted octanol–water partition coefficient (Wildman–Crippen LogP) is 2.98. The monoisotopic (exact) mass is 377 g/mol. The Labute approximate surface area is 161 Å². The Balaban J connectivity index is 1.45. The fraction of sp³-hybridized carbons (Fsp3) is 0.667. The first-order valence-electron chi connectivity index (χ1n) is 10.0. The van der Waals surface area contributed by atoms with Gasteiger partial charge < -0.3 is 15.3 Å². The maximum absolute atomic E-state index is 13.0. The molecule has 3 rings (SSSR count). The number of nitrogens with zero attached hydrogens (tertiary/aromatic N) is 2. The summed E-state index contributed by atoms with van der Waals surface area (Å²) < 4.78 is 13.0. The molecule has 1 atom stereocenters. The Kier molecular flexibility index (Phi) is 6.37. The molecule has 2 amide bonds. The maximum atomic E-state index is 13.0. The number of aliphatic hydroxyl groups excluding tert-OH is 1. The van der Waals surface area contributed by atoms with Crippen molar-refractivity contribution in [3.05, 3.63) is 35.6 Å². The summed E-state index contributed by atoms with van der Waals surface area (Å²) >= 11 is 0. The van der Waals surface area contributed by atoms with E-state index in [9.17, 15) is 14.3 Å². The van der Waals surface area contributed by atoms with Crippen molar-refractivity contribution in [2.24, 2.45) is 5.41 Å². The number of rotatable bonds is 3. The number of hydrogen-bond donors (Lipinski definition) is 2. The normalized spacial score (nSPS) is 24.4. The number of likely N-dealkylation sites (tertiary alicyclic amines) is 2. The van der Waals surface area contributed by atoms with E-state index in [1.165, 1.54) is 12.1 Å². The number of aliphatic hydroxyl groups is 1. The van der Waals surface area contributed by atoms with Gasteiger partial charge in [0.1, 0.15) is 5.82 Å². The van der Waals surface area contributed by atoms with Crippen LogP contribution in [0.15, 0.2) is 24.3 Å². The Morgan fingerprint density at radius 1 is 1.19 bits per heavy atom. The first kappa shape index (κ1) is 20.1. The number of carbonyl (C=O) groups excluding carboxylic acids is 1. The third-order valence-electron chi connectivity index (χ3n) is 5.66. The van der Waals surface area contributed by atoms with Gasteiger partial charge in [-0.2, -0.15) is 0 Å². The van der Waals surface area contributed by atoms with E-state index in [0.29, 0.717) is 19.5 Å². The van der Waals surface area contributed by atoms with Gasteiger partial charge in [0, 0.05) is 38.8 Å². The Morgan fingerprint density at radius 3 is 2.52 bits per heavy atom. The van der Waals surface area contributed by atoms with Crippen LogP contribution in [0, 0.1) is 11.2 Å². The number of halogens is 1. The van der Waals surface area contributed by atoms with E-state index in [1.807, 2.05) is 17.0 Å². The topological polar surface area (TPSA) is 55.8 Å². The predicted molar refractivity (Wildman–Crippen MR) is 104 cm³/mol. The molecule has 2 saturated heterocycles. The minimum absolute atomic E-state index is 0.00541. The quantitative estimate of drug-likeness (QED) is 0.851. The van der Waals surface area contributed by atoms with E-state index < -0.39 is 0 Å². The van der Waals surface area contributed by atoms with Crippen LogP contribution in [0.3, 0.4) is 0 Å². The first-order valence-corrected chi connectivity index (χ1v) is 10.0. The molecule has 2 N–H and O–H groups in total. The number of carbonyl (C=O) groups is 1. The lowest BCUT2D eigenvalue weighted by atomic mass is 9.87. The molecule has 5 nitrogen and oxygen atoms in total. The van der Waals surface area contributed by atoms with Crippen molar-refractivity contribution in [3.63, 3.8) is 0 Å². The second kappa shape index (κ2) is 8.57. The second-order valence-electron chi connectivity index (χ2n) is 8.86. The van der Waals surface area contributed by atoms with Gasteiger partial charge in [0.15, 0.2) is 0 Å². The molecule has 6 heteroatoms. The van der Waals surface area contributed by atoms with Gasteiger partial charge in [0.25, 0.3) is 0 Å². The van der Waals surface area contributed by atoms with Gasteiger partial charge in [0.05, 0.1) is 6.10 Å². The molecule has 0 spiro atoms. The third kappa shape index (κ3) is 5.91. The fourth-order valence-corrected chi connectivity index (χ4v) is 4.23. The van der Waals surface area contributed by atoms with Crippen molar-refractivity contribution in [2.75, 3.05) is 26.2 Å². The summed E-state index contributed by atoms with van der Waals surface area (Å²) in [6.07, 6.45) is 2.90. The van der Waals surface area contributed by atoms with E-state index in [0.717, 1.165) is 44.5 Å². The van der Waals surface area contributed by atoms with Crippen LogP contribution in [0.4, 0.5) is 9.18 Å². The highest BCUT2D eigenvalue weighted by molar-refractivity contribution is 5.74. The molecular weight excluding hydrogens is 345 g/mol. The van der Waals surface area contributed by atoms with Crippen molar-refractivity contribution in [3.8, 4) is 0 Å². The smallest absolute Gasteiger partial charge is 0.317 e. The zero-order valence-corrected chi connectivity index (χ0v) is 16.5. The highest BCUT2D eigenvalue weighted by Gasteiger charge is 2.32. The average molecular weight is 378 g/mol. The SMILES string of the molecule is CC1(C)CC(O)CCN(C(=O)NC2CCN(Cc3ccc(F)cc3)CC2)C1. The fourth-order valence-electron chi connectivity index (χ4n) is 4.23. The zero-order valence-electron chi connectivity index (χ0n) is 16.5. The lowest BCUT2D eigenvalue weighted by Crippen LogP contribution is -2.50. The Morgan fingerprint density at radius 2 is 1.85 bits per heavy atom. The van der Waals surface area contributed by atoms with Crippen LogP contribution in [-0.2, 0) is 6.54 Å². The zero-order chi connectivity index (χ0) is 19.4. The molecule has 0 saturated carbocycles. The molecule has 0 aliphatic carbocycles. The molecule has 2 aliphatic rings. The van der Waals surface area contributed by atoms with E-state index in [4.69, 9.17) is 0 Å². The minimum Gasteiger partial charge on any atom is -0.393 e. The number of urea groups is 1. The summed E-state index contributed by atoms with van der Waals surface area (Å²) in [6, 6.07) is 6.86. The van der Waals surface area contributed by atoms with Crippen LogP contribution in [0.1, 0.15) is 45.1 Å². The van der Waals surface area contributed by atoms with Crippen molar-refractivity contribution >= 4 is 6.03 Å². The average Bonchev–Trinajstić information content (AvgIpc) is 2.75. The van der Waals surface area contributed by atoms with Gasteiger partial charge >= 0.3 is 6.03 Å². The molecule has 0 aromatic heterocycles. The molecule has 2 aliphatic heterocycles. The van der Waals surface area contributed by atoms with Crippen molar-refractivity contribution in [1.82, 2.24) is 15.1 Å². The number of hydrogen-bond acceptors (Lipinski definition) is 3. The van der Waals surface area contributed by atoms with Gasteiger partial charge in [-0.05, 0) is 48.8 Å². The van der Waals surface area contributed by atoms with Crippen molar-refractivity contribution in [1.29, 1.82) is 0 Å². The van der Waals surface area contributed by atoms with Crippen LogP contribution in [0.5, 0.6) is 0 Å². The Bertz CT molecular complexity index is 627. The summed E-state index contributed by atoms with van der Waals surface area (Å²) in [5.41, 5.74) is 1.05. The summed E-state index contributed by atoms with van der Waals surface area (Å²) in [5, 5.41) is 13.2. The van der Waals surface area contributed by atoms with Crippen LogP contribution >= 0.6 is 0 Å². The second-order valence-corrected chi connectivity index (χ2v) is 8.86. The molecule has 1 aromatic rings. The minimum atomic E-state index is -0.326. The van der Waals surface area contributed by atoms with Crippen molar-refractivity contribution in [2.45, 2.75) is 58.2 Å². The molecule has 150 valence electrons. The van der Waals surface area contributed by atoms with Gasteiger partial charge in [-0.3, -0.25) is 4.90 Å². The standard InChI is InChI=1S/C21H32FN3O2/c1-21(2)13-19(26)9-12-25(15-21)20(27)23-18-7-10-24(11-8-18)14-16-3-5-17(22)6-4-16/h3-6,18-19,26H,7-15H2,1-2H3,(H,23,27). The number of piperidine rings is 1. The molecule has 0 bridgehead atoms. The highest BCUT2D eigenvalue weighted by atomic mass is 19.1. The summed E-state index contributed by atoms with van der Waals surface area (Å²) in [4.78, 5) is 16.9. The molecule has 1 aromatic carbocycles. The van der Waals surface area contributed by atoms with Crippen LogP contribution < -0.4 is 5.32 Å². The summed E-state index contributed by atoms with van der Waals surface area (Å²) in [6.45, 7) is 8.17. The summed E-state index contributed by atoms with van der Waals surface area (Å²) in [5.74, 6) is -0.204. The lowest BCUT2D eigenvalue weighted by molar-refractivity contribution is 0.121. The molecule has 2 fully saturated rings. The van der Waals surface area contributed by atoms with E-state index >= 15 is 0 Å². The number of benzene rings is 1. The molecular formula is C21H32FN3O2. The van der Waals surface area contributed by atoms with Gasteiger partial charge in [-0.25, -0.2) is 9.18 Å². The summed E-state index contributed by atoms with van der Waals surface area (Å²) in [7, 11) is 0. The van der Waals surface area contributed by atoms with E-state index in [2.05, 4.69) is 24.1 Å². The Hall–Kier alpha value is -1.66. The molecule has 0 radical (unpaired) electrons. The van der Waals surface area contributed by atoms with Crippen molar-refractivity contribution < 1.29 is 14.3 Å². The third-order valence-corrected chi connectivity index (χ3v) is 5.66. The molecule has 1 unspecified atom stereocenters. The van der Waals surface area contributed by atoms with Crippen LogP contribution in [0.25, 0.3) is 0 Å². The van der Waals surface area contributed by atoms with Gasteiger partial charge in [0.2, 0.25) is 0 Å². The first-order chi connectivity index (χ1) is 12.8. The maximum Gasteiger partial charge on any atom is 0.317 e. The largest absolute Gasteiger partial charge is 0.393 e. The highest BCUT2D eigenvalue weighted by Crippen LogP contribution is 2.28.